The Morgan fingerprint density at radius 3 is 2.45 bits per heavy atom. The van der Waals surface area contributed by atoms with E-state index in [1.807, 2.05) is 0 Å². The topological polar surface area (TPSA) is 82.1 Å². The van der Waals surface area contributed by atoms with Crippen molar-refractivity contribution in [3.05, 3.63) is 91.8 Å². The quantitative estimate of drug-likeness (QED) is 0.146. The zero-order valence-electron chi connectivity index (χ0n) is 19.9. The first-order valence-corrected chi connectivity index (χ1v) is 13.3. The maximum atomic E-state index is 12.9. The molecule has 0 spiro atoms. The van der Waals surface area contributed by atoms with Crippen LogP contribution >= 0.6 is 46.6 Å². The zero-order chi connectivity index (χ0) is 27.2. The average Bonchev–Trinajstić information content (AvgIpc) is 3.14. The van der Waals surface area contributed by atoms with E-state index < -0.39 is 17.1 Å². The van der Waals surface area contributed by atoms with Gasteiger partial charge in [0.15, 0.2) is 11.5 Å². The van der Waals surface area contributed by atoms with Crippen LogP contribution in [0.25, 0.3) is 6.08 Å². The summed E-state index contributed by atoms with van der Waals surface area (Å²) in [5.74, 6) is -0.304. The van der Waals surface area contributed by atoms with E-state index >= 15 is 0 Å². The van der Waals surface area contributed by atoms with Crippen LogP contribution in [0.1, 0.15) is 22.8 Å². The third-order valence-corrected chi connectivity index (χ3v) is 6.83. The van der Waals surface area contributed by atoms with Crippen LogP contribution in [-0.2, 0) is 4.79 Å². The molecule has 0 saturated carbocycles. The summed E-state index contributed by atoms with van der Waals surface area (Å²) in [6, 6.07) is 16.2. The third-order valence-electron chi connectivity index (χ3n) is 5.16. The minimum Gasteiger partial charge on any atom is -0.492 e. The lowest BCUT2D eigenvalue weighted by Crippen LogP contribution is -2.32. The molecule has 0 radical (unpaired) electrons. The maximum absolute atomic E-state index is 12.9. The second-order valence-corrected chi connectivity index (χ2v) is 10.1. The maximum Gasteiger partial charge on any atom is 0.343 e. The lowest BCUT2D eigenvalue weighted by Gasteiger charge is -2.14. The number of nitrogens with zero attached hydrogens (tertiary/aromatic N) is 1. The van der Waals surface area contributed by atoms with Gasteiger partial charge in [0, 0.05) is 10.0 Å². The van der Waals surface area contributed by atoms with Crippen LogP contribution in [-0.4, -0.2) is 41.8 Å². The molecule has 0 aliphatic carbocycles. The highest BCUT2D eigenvalue weighted by Gasteiger charge is 2.35. The van der Waals surface area contributed by atoms with Crippen LogP contribution in [0.3, 0.4) is 0 Å². The summed E-state index contributed by atoms with van der Waals surface area (Å²) in [6.45, 7) is 2.24. The van der Waals surface area contributed by atoms with Crippen molar-refractivity contribution in [3.63, 3.8) is 0 Å². The molecule has 196 valence electrons. The summed E-state index contributed by atoms with van der Waals surface area (Å²) in [6.07, 6.45) is 1.53. The first kappa shape index (κ1) is 27.9. The predicted octanol–water partition coefficient (Wildman–Crippen LogP) is 7.38. The number of carbonyl (C=O) groups excluding carboxylic acids is 3. The third kappa shape index (κ3) is 6.82. The Balaban J connectivity index is 1.49. The molecule has 1 aliphatic heterocycles. The number of imide groups is 1. The van der Waals surface area contributed by atoms with E-state index in [-0.39, 0.29) is 46.7 Å². The molecular weight excluding hydrogens is 573 g/mol. The van der Waals surface area contributed by atoms with Gasteiger partial charge in [-0.2, -0.15) is 0 Å². The summed E-state index contributed by atoms with van der Waals surface area (Å²) >= 11 is 19.1. The average molecular weight is 593 g/mol. The molecule has 0 bridgehead atoms. The van der Waals surface area contributed by atoms with Gasteiger partial charge in [0.1, 0.15) is 12.4 Å². The molecule has 3 aromatic rings. The van der Waals surface area contributed by atoms with Crippen LogP contribution in [0, 0.1) is 0 Å². The highest BCUT2D eigenvalue weighted by Crippen LogP contribution is 2.39. The van der Waals surface area contributed by atoms with E-state index in [0.717, 1.165) is 16.7 Å². The van der Waals surface area contributed by atoms with Crippen LogP contribution < -0.4 is 14.2 Å². The van der Waals surface area contributed by atoms with E-state index in [0.29, 0.717) is 21.4 Å². The van der Waals surface area contributed by atoms with Crippen molar-refractivity contribution >= 4 is 69.8 Å². The molecule has 0 unspecified atom stereocenters. The number of amides is 2. The molecule has 1 fully saturated rings. The highest BCUT2D eigenvalue weighted by atomic mass is 35.5. The smallest absolute Gasteiger partial charge is 0.343 e. The molecule has 7 nitrogen and oxygen atoms in total. The SMILES string of the molecule is CCOc1cc(/C=C2\SC(=O)N(CCOc3ccc(Cl)cc3)C2=O)cc(Cl)c1OC(=O)c1cccc(Cl)c1. The fourth-order valence-corrected chi connectivity index (χ4v) is 4.87. The number of halogens is 3. The number of thioether (sulfide) groups is 1. The summed E-state index contributed by atoms with van der Waals surface area (Å²) in [7, 11) is 0. The molecule has 2 amide bonds. The zero-order valence-corrected chi connectivity index (χ0v) is 23.0. The second-order valence-electron chi connectivity index (χ2n) is 7.80. The summed E-state index contributed by atoms with van der Waals surface area (Å²) in [4.78, 5) is 39.3. The lowest BCUT2D eigenvalue weighted by molar-refractivity contribution is -0.123. The van der Waals surface area contributed by atoms with Gasteiger partial charge in [0.05, 0.1) is 28.6 Å². The molecule has 1 saturated heterocycles. The Bertz CT molecular complexity index is 1410. The molecule has 0 aromatic heterocycles. The van der Waals surface area contributed by atoms with Crippen molar-refractivity contribution in [1.82, 2.24) is 4.90 Å². The largest absolute Gasteiger partial charge is 0.492 e. The molecule has 4 rings (SSSR count). The minimum atomic E-state index is -0.662. The fraction of sp³-hybridized carbons (Fsp3) is 0.148. The number of esters is 1. The minimum absolute atomic E-state index is 0.0306. The van der Waals surface area contributed by atoms with Gasteiger partial charge < -0.3 is 14.2 Å². The Morgan fingerprint density at radius 1 is 0.974 bits per heavy atom. The normalized spacial score (nSPS) is 14.2. The molecule has 1 heterocycles. The Kier molecular flexibility index (Phi) is 9.22. The van der Waals surface area contributed by atoms with Gasteiger partial charge in [-0.15, -0.1) is 0 Å². The van der Waals surface area contributed by atoms with Crippen LogP contribution in [0.15, 0.2) is 65.6 Å². The van der Waals surface area contributed by atoms with Gasteiger partial charge in [-0.05, 0) is 84.9 Å². The van der Waals surface area contributed by atoms with Crippen molar-refractivity contribution in [3.8, 4) is 17.2 Å². The number of ether oxygens (including phenoxy) is 3. The monoisotopic (exact) mass is 591 g/mol. The summed E-state index contributed by atoms with van der Waals surface area (Å²) < 4.78 is 16.7. The molecule has 0 N–H and O–H groups in total. The number of carbonyl (C=O) groups is 3. The van der Waals surface area contributed by atoms with Gasteiger partial charge >= 0.3 is 5.97 Å². The number of rotatable bonds is 9. The molecule has 38 heavy (non-hydrogen) atoms. The fourth-order valence-electron chi connectivity index (χ4n) is 3.43. The molecule has 11 heteroatoms. The van der Waals surface area contributed by atoms with Crippen molar-refractivity contribution < 1.29 is 28.6 Å². The first-order valence-electron chi connectivity index (χ1n) is 11.3. The Hall–Kier alpha value is -3.17. The molecular formula is C27H20Cl3NO6S. The van der Waals surface area contributed by atoms with Gasteiger partial charge in [-0.1, -0.05) is 40.9 Å². The van der Waals surface area contributed by atoms with Crippen molar-refractivity contribution in [2.24, 2.45) is 0 Å². The lowest BCUT2D eigenvalue weighted by atomic mass is 10.1. The van der Waals surface area contributed by atoms with E-state index in [2.05, 4.69) is 0 Å². The van der Waals surface area contributed by atoms with E-state index in [9.17, 15) is 14.4 Å². The first-order chi connectivity index (χ1) is 18.2. The summed E-state index contributed by atoms with van der Waals surface area (Å²) in [5.41, 5.74) is 0.734. The van der Waals surface area contributed by atoms with E-state index in [4.69, 9.17) is 49.0 Å². The Labute approximate surface area is 238 Å². The second kappa shape index (κ2) is 12.6. The molecule has 1 aliphatic rings. The summed E-state index contributed by atoms with van der Waals surface area (Å²) in [5, 5.41) is 0.641. The van der Waals surface area contributed by atoms with Gasteiger partial charge in [-0.3, -0.25) is 14.5 Å². The van der Waals surface area contributed by atoms with Gasteiger partial charge in [0.2, 0.25) is 0 Å². The van der Waals surface area contributed by atoms with Crippen LogP contribution in [0.2, 0.25) is 15.1 Å². The van der Waals surface area contributed by atoms with Gasteiger partial charge in [-0.25, -0.2) is 4.79 Å². The van der Waals surface area contributed by atoms with Crippen molar-refractivity contribution in [2.75, 3.05) is 19.8 Å². The predicted molar refractivity (Wildman–Crippen MR) is 149 cm³/mol. The van der Waals surface area contributed by atoms with Crippen LogP contribution in [0.5, 0.6) is 17.2 Å². The van der Waals surface area contributed by atoms with Crippen molar-refractivity contribution in [2.45, 2.75) is 6.92 Å². The highest BCUT2D eigenvalue weighted by molar-refractivity contribution is 8.18. The Morgan fingerprint density at radius 2 is 1.74 bits per heavy atom. The van der Waals surface area contributed by atoms with Crippen LogP contribution in [0.4, 0.5) is 4.79 Å². The molecule has 3 aromatic carbocycles. The van der Waals surface area contributed by atoms with Gasteiger partial charge in [0.25, 0.3) is 11.1 Å². The standard InChI is InChI=1S/C27H20Cl3NO6S/c1-2-35-22-13-16(12-21(30)24(22)37-26(33)17-4-3-5-19(29)15-17)14-23-25(32)31(27(34)38-23)10-11-36-20-8-6-18(28)7-9-20/h3-9,12-15H,2,10-11H2,1H3/b23-14-. The molecule has 0 atom stereocenters. The van der Waals surface area contributed by atoms with E-state index in [1.54, 1.807) is 55.5 Å². The number of benzene rings is 3. The number of hydrogen-bond donors (Lipinski definition) is 0. The van der Waals surface area contributed by atoms with Crippen molar-refractivity contribution in [1.29, 1.82) is 0 Å². The van der Waals surface area contributed by atoms with E-state index in [1.165, 1.54) is 18.2 Å². The number of hydrogen-bond acceptors (Lipinski definition) is 7.